The van der Waals surface area contributed by atoms with Crippen molar-refractivity contribution in [3.8, 4) is 5.75 Å². The monoisotopic (exact) mass is 257 g/mol. The molecule has 0 radical (unpaired) electrons. The molecule has 0 fully saturated rings. The fraction of sp³-hybridized carbons (Fsp3) is 0.267. The summed E-state index contributed by atoms with van der Waals surface area (Å²) in [4.78, 5) is 14.2. The summed E-state index contributed by atoms with van der Waals surface area (Å²) in [5, 5.41) is 0. The van der Waals surface area contributed by atoms with Gasteiger partial charge in [-0.25, -0.2) is 0 Å². The molecule has 2 aromatic rings. The van der Waals surface area contributed by atoms with Crippen LogP contribution in [0.5, 0.6) is 5.75 Å². The van der Waals surface area contributed by atoms with E-state index in [0.29, 0.717) is 6.54 Å². The molecule has 0 aliphatic carbocycles. The molecule has 4 nitrogen and oxygen atoms in total. The fourth-order valence-corrected chi connectivity index (χ4v) is 2.23. The van der Waals surface area contributed by atoms with Crippen molar-refractivity contribution in [2.75, 3.05) is 4.90 Å². The number of fused-ring (bicyclic) bond motifs is 1. The fourth-order valence-electron chi connectivity index (χ4n) is 2.23. The number of ether oxygens (including phenoxy) is 1. The van der Waals surface area contributed by atoms with Crippen LogP contribution in [0.15, 0.2) is 47.1 Å². The molecule has 2 heterocycles. The number of rotatable bonds is 2. The Hall–Kier alpha value is -2.23. The van der Waals surface area contributed by atoms with Gasteiger partial charge in [0.15, 0.2) is 5.60 Å². The van der Waals surface area contributed by atoms with E-state index in [1.54, 1.807) is 25.0 Å². The Morgan fingerprint density at radius 3 is 2.68 bits per heavy atom. The van der Waals surface area contributed by atoms with E-state index in [9.17, 15) is 4.79 Å². The minimum absolute atomic E-state index is 0.0670. The SMILES string of the molecule is CC1(C)Oc2ccccc2N(Cc2ccco2)C1=O. The molecular formula is C15H15NO3. The van der Waals surface area contributed by atoms with Crippen LogP contribution in [0.25, 0.3) is 0 Å². The number of carbonyl (C=O) groups is 1. The van der Waals surface area contributed by atoms with Gasteiger partial charge < -0.3 is 9.15 Å². The molecule has 19 heavy (non-hydrogen) atoms. The van der Waals surface area contributed by atoms with Crippen LogP contribution < -0.4 is 9.64 Å². The van der Waals surface area contributed by atoms with Crippen molar-refractivity contribution in [1.29, 1.82) is 0 Å². The Labute approximate surface area is 111 Å². The lowest BCUT2D eigenvalue weighted by Crippen LogP contribution is -2.52. The first kappa shape index (κ1) is 11.8. The zero-order valence-electron chi connectivity index (χ0n) is 10.9. The average Bonchev–Trinajstić information content (AvgIpc) is 2.87. The van der Waals surface area contributed by atoms with Crippen LogP contribution in [0, 0.1) is 0 Å². The van der Waals surface area contributed by atoms with E-state index < -0.39 is 5.60 Å². The van der Waals surface area contributed by atoms with Gasteiger partial charge in [-0.05, 0) is 38.1 Å². The molecule has 0 atom stereocenters. The number of benzene rings is 1. The summed E-state index contributed by atoms with van der Waals surface area (Å²) in [7, 11) is 0. The summed E-state index contributed by atoms with van der Waals surface area (Å²) >= 11 is 0. The maximum absolute atomic E-state index is 12.5. The number of amides is 1. The largest absolute Gasteiger partial charge is 0.476 e. The van der Waals surface area contributed by atoms with Crippen LogP contribution in [0.2, 0.25) is 0 Å². The molecule has 1 aliphatic rings. The van der Waals surface area contributed by atoms with Gasteiger partial charge in [0.2, 0.25) is 0 Å². The van der Waals surface area contributed by atoms with E-state index >= 15 is 0 Å². The van der Waals surface area contributed by atoms with Crippen molar-refractivity contribution >= 4 is 11.6 Å². The minimum Gasteiger partial charge on any atom is -0.476 e. The summed E-state index contributed by atoms with van der Waals surface area (Å²) in [5.74, 6) is 1.40. The predicted octanol–water partition coefficient (Wildman–Crippen LogP) is 2.98. The summed E-state index contributed by atoms with van der Waals surface area (Å²) < 4.78 is 11.1. The van der Waals surface area contributed by atoms with Crippen molar-refractivity contribution in [2.45, 2.75) is 26.0 Å². The Morgan fingerprint density at radius 2 is 1.95 bits per heavy atom. The molecule has 0 saturated carbocycles. The van der Waals surface area contributed by atoms with Crippen LogP contribution in [-0.2, 0) is 11.3 Å². The number of hydrogen-bond donors (Lipinski definition) is 0. The molecule has 3 rings (SSSR count). The summed E-state index contributed by atoms with van der Waals surface area (Å²) in [5.41, 5.74) is -0.0794. The molecule has 0 spiro atoms. The highest BCUT2D eigenvalue weighted by molar-refractivity contribution is 6.02. The highest BCUT2D eigenvalue weighted by atomic mass is 16.5. The lowest BCUT2D eigenvalue weighted by atomic mass is 10.0. The van der Waals surface area contributed by atoms with Gasteiger partial charge >= 0.3 is 0 Å². The number of para-hydroxylation sites is 2. The normalized spacial score (nSPS) is 16.9. The van der Waals surface area contributed by atoms with Crippen molar-refractivity contribution in [2.24, 2.45) is 0 Å². The van der Waals surface area contributed by atoms with Gasteiger partial charge in [-0.2, -0.15) is 0 Å². The second kappa shape index (κ2) is 4.16. The molecule has 0 N–H and O–H groups in total. The zero-order valence-corrected chi connectivity index (χ0v) is 10.9. The van der Waals surface area contributed by atoms with Gasteiger partial charge in [-0.15, -0.1) is 0 Å². The lowest BCUT2D eigenvalue weighted by Gasteiger charge is -2.38. The van der Waals surface area contributed by atoms with Gasteiger partial charge in [0.1, 0.15) is 11.5 Å². The summed E-state index contributed by atoms with van der Waals surface area (Å²) in [6, 6.07) is 11.2. The second-order valence-corrected chi connectivity index (χ2v) is 5.05. The van der Waals surface area contributed by atoms with Crippen molar-refractivity contribution in [1.82, 2.24) is 0 Å². The van der Waals surface area contributed by atoms with Gasteiger partial charge in [0.05, 0.1) is 18.5 Å². The van der Waals surface area contributed by atoms with Crippen LogP contribution in [0.3, 0.4) is 0 Å². The highest BCUT2D eigenvalue weighted by Gasteiger charge is 2.40. The Bertz CT molecular complexity index is 602. The topological polar surface area (TPSA) is 42.7 Å². The molecule has 1 aliphatic heterocycles. The van der Waals surface area contributed by atoms with E-state index in [0.717, 1.165) is 17.2 Å². The Morgan fingerprint density at radius 1 is 1.16 bits per heavy atom. The van der Waals surface area contributed by atoms with E-state index in [-0.39, 0.29) is 5.91 Å². The molecule has 4 heteroatoms. The third-order valence-corrected chi connectivity index (χ3v) is 3.18. The maximum atomic E-state index is 12.5. The third kappa shape index (κ3) is 1.99. The summed E-state index contributed by atoms with van der Waals surface area (Å²) in [6.07, 6.45) is 1.61. The summed E-state index contributed by atoms with van der Waals surface area (Å²) in [6.45, 7) is 3.97. The average molecular weight is 257 g/mol. The van der Waals surface area contributed by atoms with E-state index in [1.807, 2.05) is 36.4 Å². The number of carbonyl (C=O) groups excluding carboxylic acids is 1. The predicted molar refractivity (Wildman–Crippen MR) is 71.0 cm³/mol. The van der Waals surface area contributed by atoms with E-state index in [4.69, 9.17) is 9.15 Å². The van der Waals surface area contributed by atoms with Gasteiger partial charge in [0.25, 0.3) is 5.91 Å². The molecule has 1 amide bonds. The van der Waals surface area contributed by atoms with Crippen molar-refractivity contribution in [3.05, 3.63) is 48.4 Å². The second-order valence-electron chi connectivity index (χ2n) is 5.05. The van der Waals surface area contributed by atoms with E-state index in [2.05, 4.69) is 0 Å². The number of hydrogen-bond acceptors (Lipinski definition) is 3. The maximum Gasteiger partial charge on any atom is 0.271 e. The quantitative estimate of drug-likeness (QED) is 0.830. The van der Waals surface area contributed by atoms with Crippen molar-refractivity contribution in [3.63, 3.8) is 0 Å². The Balaban J connectivity index is 2.03. The molecule has 0 unspecified atom stereocenters. The number of furan rings is 1. The lowest BCUT2D eigenvalue weighted by molar-refractivity contribution is -0.132. The standard InChI is InChI=1S/C15H15NO3/c1-15(2)14(17)16(10-11-6-5-9-18-11)12-7-3-4-8-13(12)19-15/h3-9H,10H2,1-2H3. The van der Waals surface area contributed by atoms with Crippen LogP contribution >= 0.6 is 0 Å². The van der Waals surface area contributed by atoms with Crippen LogP contribution in [0.1, 0.15) is 19.6 Å². The minimum atomic E-state index is -0.860. The van der Waals surface area contributed by atoms with Crippen molar-refractivity contribution < 1.29 is 13.9 Å². The molecule has 1 aromatic heterocycles. The van der Waals surface area contributed by atoms with Crippen LogP contribution in [-0.4, -0.2) is 11.5 Å². The number of anilines is 1. The van der Waals surface area contributed by atoms with Gasteiger partial charge in [-0.3, -0.25) is 9.69 Å². The van der Waals surface area contributed by atoms with E-state index in [1.165, 1.54) is 0 Å². The number of nitrogens with zero attached hydrogens (tertiary/aromatic N) is 1. The molecule has 0 bridgehead atoms. The van der Waals surface area contributed by atoms with Gasteiger partial charge in [0, 0.05) is 0 Å². The van der Waals surface area contributed by atoms with Gasteiger partial charge in [-0.1, -0.05) is 12.1 Å². The first-order valence-electron chi connectivity index (χ1n) is 6.20. The first-order chi connectivity index (χ1) is 9.08. The third-order valence-electron chi connectivity index (χ3n) is 3.18. The first-order valence-corrected chi connectivity index (χ1v) is 6.20. The molecule has 98 valence electrons. The zero-order chi connectivity index (χ0) is 13.5. The highest BCUT2D eigenvalue weighted by Crippen LogP contribution is 2.38. The molecular weight excluding hydrogens is 242 g/mol. The molecule has 0 saturated heterocycles. The van der Waals surface area contributed by atoms with Crippen LogP contribution in [0.4, 0.5) is 5.69 Å². The molecule has 1 aromatic carbocycles. The smallest absolute Gasteiger partial charge is 0.271 e. The Kier molecular flexibility index (Phi) is 2.59.